The van der Waals surface area contributed by atoms with Crippen LogP contribution < -0.4 is 28.4 Å². The van der Waals surface area contributed by atoms with Crippen molar-refractivity contribution in [1.82, 2.24) is 0 Å². The van der Waals surface area contributed by atoms with Crippen molar-refractivity contribution in [2.24, 2.45) is 5.92 Å². The molecule has 164 valence electrons. The highest BCUT2D eigenvalue weighted by atomic mass is 16.7. The van der Waals surface area contributed by atoms with Crippen LogP contribution in [0.1, 0.15) is 17.0 Å². The lowest BCUT2D eigenvalue weighted by Gasteiger charge is -2.26. The van der Waals surface area contributed by atoms with Gasteiger partial charge in [-0.3, -0.25) is 0 Å². The monoisotopic (exact) mass is 428 g/mol. The lowest BCUT2D eigenvalue weighted by Crippen LogP contribution is -2.17. The van der Waals surface area contributed by atoms with Crippen molar-refractivity contribution >= 4 is 5.97 Å². The number of hydrogen-bond donors (Lipinski definition) is 0. The van der Waals surface area contributed by atoms with Gasteiger partial charge < -0.3 is 33.2 Å². The molecule has 0 radical (unpaired) electrons. The van der Waals surface area contributed by atoms with Crippen LogP contribution >= 0.6 is 0 Å². The predicted octanol–water partition coefficient (Wildman–Crippen LogP) is 3.31. The first-order valence-electron chi connectivity index (χ1n) is 9.65. The quantitative estimate of drug-likeness (QED) is 0.491. The first-order valence-corrected chi connectivity index (χ1v) is 9.65. The van der Waals surface area contributed by atoms with E-state index in [9.17, 15) is 4.79 Å². The fourth-order valence-electron chi connectivity index (χ4n) is 4.07. The number of benzene rings is 2. The summed E-state index contributed by atoms with van der Waals surface area (Å²) in [6, 6.07) is 7.48. The third-order valence-corrected chi connectivity index (χ3v) is 5.59. The zero-order valence-corrected chi connectivity index (χ0v) is 17.9. The highest BCUT2D eigenvalue weighted by molar-refractivity contribution is 5.90. The maximum absolute atomic E-state index is 12.1. The van der Waals surface area contributed by atoms with Gasteiger partial charge in [0, 0.05) is 17.4 Å². The van der Waals surface area contributed by atoms with Crippen molar-refractivity contribution in [1.29, 1.82) is 0 Å². The molecule has 0 saturated carbocycles. The Morgan fingerprint density at radius 2 is 1.48 bits per heavy atom. The van der Waals surface area contributed by atoms with Gasteiger partial charge in [-0.05, 0) is 35.4 Å². The second-order valence-electron chi connectivity index (χ2n) is 7.12. The summed E-state index contributed by atoms with van der Waals surface area (Å²) >= 11 is 0. The topological polar surface area (TPSA) is 81.7 Å². The molecule has 2 aromatic rings. The van der Waals surface area contributed by atoms with E-state index in [1.165, 1.54) is 0 Å². The zero-order valence-electron chi connectivity index (χ0n) is 17.9. The Hall–Kier alpha value is -3.55. The van der Waals surface area contributed by atoms with E-state index in [1.807, 2.05) is 24.3 Å². The van der Waals surface area contributed by atoms with Gasteiger partial charge in [0.25, 0.3) is 0 Å². The highest BCUT2D eigenvalue weighted by Crippen LogP contribution is 2.49. The van der Waals surface area contributed by atoms with Gasteiger partial charge in [0.05, 0.1) is 35.0 Å². The van der Waals surface area contributed by atoms with Crippen LogP contribution in [0.4, 0.5) is 0 Å². The van der Waals surface area contributed by atoms with Crippen LogP contribution in [0, 0.1) is 5.92 Å². The molecule has 0 unspecified atom stereocenters. The number of ether oxygens (including phenoxy) is 7. The molecule has 2 atom stereocenters. The van der Waals surface area contributed by atoms with Gasteiger partial charge in [0.15, 0.2) is 23.0 Å². The summed E-state index contributed by atoms with van der Waals surface area (Å²) in [5.74, 6) is 2.11. The largest absolute Gasteiger partial charge is 0.493 e. The average Bonchev–Trinajstić information content (AvgIpc) is 3.40. The third kappa shape index (κ3) is 3.48. The van der Waals surface area contributed by atoms with E-state index in [-0.39, 0.29) is 25.2 Å². The molecule has 2 aliphatic heterocycles. The standard InChI is InChI=1S/C23H24O8/c1-12-15(10-29-23(12)24)20(13-6-16(25-2)21(28-5)17(7-13)26-3)14-8-18(27-4)22-19(9-14)30-11-31-22/h6-9,15,20H,1,10-11H2,2-5H3/t15-,20-/m0/s1. The molecule has 2 aliphatic rings. The number of carbonyl (C=O) groups excluding carboxylic acids is 1. The molecule has 8 heteroatoms. The Morgan fingerprint density at radius 3 is 2.03 bits per heavy atom. The van der Waals surface area contributed by atoms with Crippen molar-refractivity contribution in [3.8, 4) is 34.5 Å². The summed E-state index contributed by atoms with van der Waals surface area (Å²) in [5, 5.41) is 0. The summed E-state index contributed by atoms with van der Waals surface area (Å²) in [6.07, 6.45) is 0. The molecule has 8 nitrogen and oxygen atoms in total. The minimum atomic E-state index is -0.407. The van der Waals surface area contributed by atoms with Gasteiger partial charge in [-0.1, -0.05) is 6.58 Å². The SMILES string of the molecule is C=C1C(=O)OC[C@@H]1[C@@H](c1cc(OC)c(OC)c(OC)c1)c1cc(OC)c2c(c1)OCO2. The normalized spacial score (nSPS) is 17.9. The summed E-state index contributed by atoms with van der Waals surface area (Å²) < 4.78 is 38.5. The summed E-state index contributed by atoms with van der Waals surface area (Å²) in [7, 11) is 6.23. The molecule has 31 heavy (non-hydrogen) atoms. The Balaban J connectivity index is 1.92. The Kier molecular flexibility index (Phi) is 5.54. The van der Waals surface area contributed by atoms with E-state index < -0.39 is 5.97 Å². The van der Waals surface area contributed by atoms with Crippen LogP contribution in [0.3, 0.4) is 0 Å². The molecular weight excluding hydrogens is 404 g/mol. The summed E-state index contributed by atoms with van der Waals surface area (Å²) in [4.78, 5) is 12.1. The molecule has 0 N–H and O–H groups in total. The van der Waals surface area contributed by atoms with Gasteiger partial charge in [-0.15, -0.1) is 0 Å². The van der Waals surface area contributed by atoms with E-state index in [1.54, 1.807) is 28.4 Å². The number of hydrogen-bond acceptors (Lipinski definition) is 8. The highest BCUT2D eigenvalue weighted by Gasteiger charge is 2.39. The molecule has 1 saturated heterocycles. The van der Waals surface area contributed by atoms with Crippen LogP contribution in [-0.2, 0) is 9.53 Å². The van der Waals surface area contributed by atoms with Crippen LogP contribution in [-0.4, -0.2) is 47.8 Å². The van der Waals surface area contributed by atoms with Crippen molar-refractivity contribution in [3.05, 3.63) is 47.5 Å². The number of cyclic esters (lactones) is 1. The fourth-order valence-corrected chi connectivity index (χ4v) is 4.07. The molecule has 0 aromatic heterocycles. The van der Waals surface area contributed by atoms with Gasteiger partial charge in [-0.25, -0.2) is 4.79 Å². The summed E-state index contributed by atoms with van der Waals surface area (Å²) in [6.45, 7) is 4.29. The van der Waals surface area contributed by atoms with Crippen molar-refractivity contribution < 1.29 is 38.0 Å². The number of esters is 1. The Bertz CT molecular complexity index is 1000. The molecule has 0 bridgehead atoms. The molecule has 0 spiro atoms. The van der Waals surface area contributed by atoms with E-state index in [2.05, 4.69) is 6.58 Å². The first kappa shape index (κ1) is 20.7. The molecular formula is C23H24O8. The van der Waals surface area contributed by atoms with Crippen LogP contribution in [0.2, 0.25) is 0 Å². The second kappa shape index (κ2) is 8.29. The Labute approximate surface area is 180 Å². The van der Waals surface area contributed by atoms with Gasteiger partial charge >= 0.3 is 5.97 Å². The van der Waals surface area contributed by atoms with Crippen molar-refractivity contribution in [2.75, 3.05) is 41.8 Å². The fraction of sp³-hybridized carbons (Fsp3) is 0.348. The molecule has 2 heterocycles. The third-order valence-electron chi connectivity index (χ3n) is 5.59. The van der Waals surface area contributed by atoms with Crippen LogP contribution in [0.15, 0.2) is 36.4 Å². The average molecular weight is 428 g/mol. The number of methoxy groups -OCH3 is 4. The van der Waals surface area contributed by atoms with Crippen LogP contribution in [0.25, 0.3) is 0 Å². The minimum Gasteiger partial charge on any atom is -0.493 e. The van der Waals surface area contributed by atoms with Crippen molar-refractivity contribution in [2.45, 2.75) is 5.92 Å². The second-order valence-corrected chi connectivity index (χ2v) is 7.12. The summed E-state index contributed by atoms with van der Waals surface area (Å²) in [5.41, 5.74) is 2.08. The maximum Gasteiger partial charge on any atom is 0.333 e. The lowest BCUT2D eigenvalue weighted by atomic mass is 9.78. The minimum absolute atomic E-state index is 0.113. The van der Waals surface area contributed by atoms with E-state index in [4.69, 9.17) is 33.2 Å². The molecule has 1 fully saturated rings. The Morgan fingerprint density at radius 1 is 0.871 bits per heavy atom. The zero-order chi connectivity index (χ0) is 22.1. The van der Waals surface area contributed by atoms with Gasteiger partial charge in [-0.2, -0.15) is 0 Å². The molecule has 0 aliphatic carbocycles. The molecule has 4 rings (SSSR count). The predicted molar refractivity (Wildman–Crippen MR) is 111 cm³/mol. The smallest absolute Gasteiger partial charge is 0.333 e. The van der Waals surface area contributed by atoms with E-state index in [0.717, 1.165) is 11.1 Å². The number of rotatable bonds is 7. The molecule has 0 amide bonds. The molecule has 2 aromatic carbocycles. The maximum atomic E-state index is 12.1. The van der Waals surface area contributed by atoms with E-state index >= 15 is 0 Å². The first-order chi connectivity index (χ1) is 15.0. The van der Waals surface area contributed by atoms with E-state index in [0.29, 0.717) is 40.1 Å². The van der Waals surface area contributed by atoms with Crippen LogP contribution in [0.5, 0.6) is 34.5 Å². The van der Waals surface area contributed by atoms with Gasteiger partial charge in [0.1, 0.15) is 0 Å². The lowest BCUT2D eigenvalue weighted by molar-refractivity contribution is -0.135. The van der Waals surface area contributed by atoms with Gasteiger partial charge in [0.2, 0.25) is 18.3 Å². The number of carbonyl (C=O) groups is 1. The van der Waals surface area contributed by atoms with Crippen molar-refractivity contribution in [3.63, 3.8) is 0 Å². The number of fused-ring (bicyclic) bond motifs is 1.